The molecule has 0 aromatic heterocycles. The van der Waals surface area contributed by atoms with E-state index in [2.05, 4.69) is 0 Å². The number of nitrogens with zero attached hydrogens (tertiary/aromatic N) is 1. The second-order valence-corrected chi connectivity index (χ2v) is 3.16. The summed E-state index contributed by atoms with van der Waals surface area (Å²) in [5, 5.41) is 0. The van der Waals surface area contributed by atoms with Crippen molar-refractivity contribution in [3.05, 3.63) is 35.1 Å². The van der Waals surface area contributed by atoms with Gasteiger partial charge in [-0.25, -0.2) is 4.39 Å². The molecule has 0 heterocycles. The number of aryl methyl sites for hydroxylation is 1. The molecule has 0 saturated heterocycles. The summed E-state index contributed by atoms with van der Waals surface area (Å²) in [5.41, 5.74) is 0.934. The Morgan fingerprint density at radius 3 is 2.46 bits per heavy atom. The Morgan fingerprint density at radius 1 is 1.38 bits per heavy atom. The number of carbonyl (C=O) groups is 1. The first-order valence-corrected chi connectivity index (χ1v) is 4.00. The topological polar surface area (TPSA) is 20.3 Å². The predicted molar refractivity (Wildman–Crippen MR) is 49.2 cm³/mol. The molecular formula is C10H12FNO. The van der Waals surface area contributed by atoms with E-state index in [-0.39, 0.29) is 11.7 Å². The summed E-state index contributed by atoms with van der Waals surface area (Å²) in [4.78, 5) is 12.8. The smallest absolute Gasteiger partial charge is 0.253 e. The zero-order valence-electron chi connectivity index (χ0n) is 7.97. The molecule has 13 heavy (non-hydrogen) atoms. The van der Waals surface area contributed by atoms with Gasteiger partial charge in [0.15, 0.2) is 0 Å². The van der Waals surface area contributed by atoms with Crippen LogP contribution in [0.25, 0.3) is 0 Å². The van der Waals surface area contributed by atoms with Gasteiger partial charge in [-0.15, -0.1) is 0 Å². The van der Waals surface area contributed by atoms with Gasteiger partial charge in [-0.3, -0.25) is 4.79 Å². The summed E-state index contributed by atoms with van der Waals surface area (Å²) in [6.45, 7) is 1.67. The van der Waals surface area contributed by atoms with Gasteiger partial charge in [0.05, 0.1) is 0 Å². The fraction of sp³-hybridized carbons (Fsp3) is 0.300. The van der Waals surface area contributed by atoms with Gasteiger partial charge in [-0.05, 0) is 24.6 Å². The first-order chi connectivity index (χ1) is 6.02. The van der Waals surface area contributed by atoms with Gasteiger partial charge in [-0.1, -0.05) is 6.07 Å². The minimum atomic E-state index is -0.340. The Hall–Kier alpha value is -1.38. The maximum atomic E-state index is 13.0. The van der Waals surface area contributed by atoms with Crippen LogP contribution in [-0.4, -0.2) is 24.9 Å². The lowest BCUT2D eigenvalue weighted by Crippen LogP contribution is -2.21. The van der Waals surface area contributed by atoms with Crippen LogP contribution in [0.2, 0.25) is 0 Å². The number of rotatable bonds is 1. The first-order valence-electron chi connectivity index (χ1n) is 4.00. The Kier molecular flexibility index (Phi) is 2.66. The number of hydrogen-bond acceptors (Lipinski definition) is 1. The Labute approximate surface area is 77.0 Å². The molecule has 0 aliphatic rings. The summed E-state index contributed by atoms with van der Waals surface area (Å²) < 4.78 is 13.0. The number of benzene rings is 1. The molecule has 0 fully saturated rings. The van der Waals surface area contributed by atoms with E-state index < -0.39 is 0 Å². The van der Waals surface area contributed by atoms with Crippen molar-refractivity contribution < 1.29 is 9.18 Å². The monoisotopic (exact) mass is 181 g/mol. The van der Waals surface area contributed by atoms with Crippen molar-refractivity contribution in [1.82, 2.24) is 4.90 Å². The molecule has 0 saturated carbocycles. The van der Waals surface area contributed by atoms with E-state index in [1.54, 1.807) is 33.2 Å². The minimum absolute atomic E-state index is 0.182. The average Bonchev–Trinajstić information content (AvgIpc) is 2.08. The lowest BCUT2D eigenvalue weighted by Gasteiger charge is -2.10. The standard InChI is InChI=1S/C10H12FNO/c1-7-4-5-8(6-9(7)11)10(13)12(2)3/h4-6H,1-3H3. The number of amides is 1. The van der Waals surface area contributed by atoms with Gasteiger partial charge in [0.25, 0.3) is 5.91 Å². The highest BCUT2D eigenvalue weighted by Gasteiger charge is 2.09. The van der Waals surface area contributed by atoms with Crippen LogP contribution in [0.4, 0.5) is 4.39 Å². The van der Waals surface area contributed by atoms with Crippen LogP contribution < -0.4 is 0 Å². The third-order valence-electron chi connectivity index (χ3n) is 1.82. The van der Waals surface area contributed by atoms with Crippen molar-refractivity contribution in [2.75, 3.05) is 14.1 Å². The van der Waals surface area contributed by atoms with E-state index in [1.165, 1.54) is 11.0 Å². The molecule has 3 heteroatoms. The highest BCUT2D eigenvalue weighted by molar-refractivity contribution is 5.93. The van der Waals surface area contributed by atoms with Crippen LogP contribution in [0.15, 0.2) is 18.2 Å². The molecule has 0 aliphatic heterocycles. The summed E-state index contributed by atoms with van der Waals surface area (Å²) >= 11 is 0. The fourth-order valence-electron chi connectivity index (χ4n) is 0.984. The molecule has 0 spiro atoms. The van der Waals surface area contributed by atoms with E-state index in [4.69, 9.17) is 0 Å². The second kappa shape index (κ2) is 3.56. The fourth-order valence-corrected chi connectivity index (χ4v) is 0.984. The molecule has 0 N–H and O–H groups in total. The summed E-state index contributed by atoms with van der Waals surface area (Å²) in [5.74, 6) is -0.522. The Bertz CT molecular complexity index is 334. The van der Waals surface area contributed by atoms with Crippen LogP contribution in [0, 0.1) is 12.7 Å². The van der Waals surface area contributed by atoms with Crippen molar-refractivity contribution >= 4 is 5.91 Å². The lowest BCUT2D eigenvalue weighted by atomic mass is 10.1. The van der Waals surface area contributed by atoms with E-state index >= 15 is 0 Å². The molecule has 0 radical (unpaired) electrons. The Balaban J connectivity index is 3.04. The summed E-state index contributed by atoms with van der Waals surface area (Å²) in [6.07, 6.45) is 0. The molecule has 0 bridgehead atoms. The SMILES string of the molecule is Cc1ccc(C(=O)N(C)C)cc1F. The maximum absolute atomic E-state index is 13.0. The normalized spacial score (nSPS) is 9.85. The number of halogens is 1. The third kappa shape index (κ3) is 2.05. The molecule has 1 rings (SSSR count). The minimum Gasteiger partial charge on any atom is -0.345 e. The number of carbonyl (C=O) groups excluding carboxylic acids is 1. The van der Waals surface area contributed by atoms with Crippen LogP contribution in [-0.2, 0) is 0 Å². The first kappa shape index (κ1) is 9.71. The van der Waals surface area contributed by atoms with Gasteiger partial charge in [-0.2, -0.15) is 0 Å². The highest BCUT2D eigenvalue weighted by atomic mass is 19.1. The van der Waals surface area contributed by atoms with E-state index in [0.29, 0.717) is 11.1 Å². The molecule has 70 valence electrons. The van der Waals surface area contributed by atoms with E-state index in [0.717, 1.165) is 0 Å². The largest absolute Gasteiger partial charge is 0.345 e. The molecule has 0 aliphatic carbocycles. The van der Waals surface area contributed by atoms with Gasteiger partial charge >= 0.3 is 0 Å². The van der Waals surface area contributed by atoms with Gasteiger partial charge in [0, 0.05) is 19.7 Å². The third-order valence-corrected chi connectivity index (χ3v) is 1.82. The van der Waals surface area contributed by atoms with E-state index in [1.807, 2.05) is 0 Å². The lowest BCUT2D eigenvalue weighted by molar-refractivity contribution is 0.0827. The van der Waals surface area contributed by atoms with Crippen molar-refractivity contribution in [2.24, 2.45) is 0 Å². The highest BCUT2D eigenvalue weighted by Crippen LogP contribution is 2.10. The van der Waals surface area contributed by atoms with Gasteiger partial charge in [0.1, 0.15) is 5.82 Å². The van der Waals surface area contributed by atoms with Gasteiger partial charge < -0.3 is 4.90 Å². The molecule has 1 aromatic rings. The quantitative estimate of drug-likeness (QED) is 0.647. The molecule has 1 aromatic carbocycles. The summed E-state index contributed by atoms with van der Waals surface area (Å²) in [6, 6.07) is 4.49. The molecule has 2 nitrogen and oxygen atoms in total. The van der Waals surface area contributed by atoms with Crippen molar-refractivity contribution in [3.8, 4) is 0 Å². The van der Waals surface area contributed by atoms with Crippen molar-refractivity contribution in [3.63, 3.8) is 0 Å². The molecular weight excluding hydrogens is 169 g/mol. The molecule has 0 unspecified atom stereocenters. The Morgan fingerprint density at radius 2 is 2.00 bits per heavy atom. The van der Waals surface area contributed by atoms with E-state index in [9.17, 15) is 9.18 Å². The van der Waals surface area contributed by atoms with Crippen LogP contribution in [0.1, 0.15) is 15.9 Å². The zero-order chi connectivity index (χ0) is 10.0. The van der Waals surface area contributed by atoms with Crippen molar-refractivity contribution in [1.29, 1.82) is 0 Å². The average molecular weight is 181 g/mol. The molecule has 1 amide bonds. The van der Waals surface area contributed by atoms with Crippen LogP contribution in [0.3, 0.4) is 0 Å². The van der Waals surface area contributed by atoms with Crippen molar-refractivity contribution in [2.45, 2.75) is 6.92 Å². The summed E-state index contributed by atoms with van der Waals surface area (Å²) in [7, 11) is 3.28. The van der Waals surface area contributed by atoms with Crippen LogP contribution in [0.5, 0.6) is 0 Å². The number of hydrogen-bond donors (Lipinski definition) is 0. The maximum Gasteiger partial charge on any atom is 0.253 e. The van der Waals surface area contributed by atoms with Crippen LogP contribution >= 0.6 is 0 Å². The van der Waals surface area contributed by atoms with Gasteiger partial charge in [0.2, 0.25) is 0 Å². The molecule has 0 atom stereocenters. The predicted octanol–water partition coefficient (Wildman–Crippen LogP) is 1.84. The second-order valence-electron chi connectivity index (χ2n) is 3.16. The zero-order valence-corrected chi connectivity index (χ0v) is 7.97.